The molecule has 33 heavy (non-hydrogen) atoms. The van der Waals surface area contributed by atoms with E-state index in [0.717, 1.165) is 23.5 Å². The Balaban J connectivity index is 1.42. The second-order valence-electron chi connectivity index (χ2n) is 6.84. The number of hydrazone groups is 1. The molecule has 4 rings (SSSR count). The summed E-state index contributed by atoms with van der Waals surface area (Å²) in [6.07, 6.45) is 1.50. The molecule has 1 amide bonds. The predicted octanol–water partition coefficient (Wildman–Crippen LogP) is 8.32. The average molecular weight is 767 g/mol. The molecule has 10 heteroatoms. The number of fused-ring (bicyclic) bond motifs is 1. The molecular formula is C23H13Br3ClIN2O3. The van der Waals surface area contributed by atoms with Crippen LogP contribution in [0.2, 0.25) is 5.02 Å². The Morgan fingerprint density at radius 3 is 2.58 bits per heavy atom. The number of nitrogens with one attached hydrogen (secondary N) is 1. The summed E-state index contributed by atoms with van der Waals surface area (Å²) in [6, 6.07) is 16.8. The van der Waals surface area contributed by atoms with Gasteiger partial charge >= 0.3 is 5.91 Å². The Morgan fingerprint density at radius 2 is 1.85 bits per heavy atom. The first-order valence-corrected chi connectivity index (χ1v) is 13.2. The molecule has 0 radical (unpaired) electrons. The number of amides is 1. The van der Waals surface area contributed by atoms with Gasteiger partial charge in [-0.15, -0.1) is 0 Å². The fourth-order valence-corrected chi connectivity index (χ4v) is 5.85. The van der Waals surface area contributed by atoms with Crippen LogP contribution in [0.15, 0.2) is 77.5 Å². The molecule has 0 saturated heterocycles. The molecule has 5 nitrogen and oxygen atoms in total. The number of hydrogen-bond donors (Lipinski definition) is 1. The van der Waals surface area contributed by atoms with Crippen molar-refractivity contribution in [3.05, 3.63) is 93.5 Å². The summed E-state index contributed by atoms with van der Waals surface area (Å²) in [6.45, 7) is 0.377. The lowest BCUT2D eigenvalue weighted by molar-refractivity contribution is 0.0929. The van der Waals surface area contributed by atoms with E-state index < -0.39 is 5.91 Å². The standard InChI is InChI=1S/C23H13Br3ClIN2O3/c24-15-3-1-12(2-4-15)11-32-22-17(26)5-13(6-18(22)27)10-29-30-23(31)20-8-14-7-16(25)9-19(28)21(14)33-20/h1-10H,11H2,(H,30,31)/b29-10-. The topological polar surface area (TPSA) is 63.8 Å². The first-order chi connectivity index (χ1) is 15.8. The number of nitrogens with zero attached hydrogens (tertiary/aromatic N) is 1. The van der Waals surface area contributed by atoms with Gasteiger partial charge in [0, 0.05) is 14.3 Å². The van der Waals surface area contributed by atoms with E-state index in [0.29, 0.717) is 33.0 Å². The Labute approximate surface area is 233 Å². The number of carbonyl (C=O) groups excluding carboxylic acids is 1. The number of carbonyl (C=O) groups is 1. The highest BCUT2D eigenvalue weighted by Crippen LogP contribution is 2.35. The van der Waals surface area contributed by atoms with E-state index in [1.807, 2.05) is 36.4 Å². The summed E-state index contributed by atoms with van der Waals surface area (Å²) in [5.74, 6) is 0.256. The van der Waals surface area contributed by atoms with Crippen molar-refractivity contribution >= 4 is 105 Å². The second-order valence-corrected chi connectivity index (χ2v) is 11.1. The normalized spacial score (nSPS) is 11.3. The molecule has 0 saturated carbocycles. The van der Waals surface area contributed by atoms with Crippen molar-refractivity contribution < 1.29 is 13.9 Å². The fourth-order valence-electron chi connectivity index (χ4n) is 2.94. The number of ether oxygens (including phenoxy) is 1. The van der Waals surface area contributed by atoms with Crippen LogP contribution in [0.5, 0.6) is 5.75 Å². The van der Waals surface area contributed by atoms with Gasteiger partial charge in [0.25, 0.3) is 0 Å². The van der Waals surface area contributed by atoms with Crippen molar-refractivity contribution in [2.75, 3.05) is 0 Å². The third kappa shape index (κ3) is 6.19. The van der Waals surface area contributed by atoms with Crippen molar-refractivity contribution in [3.63, 3.8) is 0 Å². The number of benzene rings is 3. The van der Waals surface area contributed by atoms with Crippen molar-refractivity contribution in [1.82, 2.24) is 5.43 Å². The SMILES string of the molecule is O=C(N/N=C\c1cc(Cl)c(OCc2ccc(Br)cc2)c(Br)c1)c1cc2cc(Br)cc(I)c2o1. The van der Waals surface area contributed by atoms with E-state index in [1.165, 1.54) is 6.21 Å². The monoisotopic (exact) mass is 764 g/mol. The quantitative estimate of drug-likeness (QED) is 0.122. The van der Waals surface area contributed by atoms with E-state index in [2.05, 4.69) is 80.9 Å². The van der Waals surface area contributed by atoms with Gasteiger partial charge in [-0.25, -0.2) is 5.43 Å². The van der Waals surface area contributed by atoms with Crippen LogP contribution in [-0.2, 0) is 6.61 Å². The molecule has 0 spiro atoms. The second kappa shape index (κ2) is 10.9. The van der Waals surface area contributed by atoms with E-state index in [9.17, 15) is 4.79 Å². The third-order valence-corrected chi connectivity index (χ3v) is 7.11. The Hall–Kier alpha value is -1.40. The minimum Gasteiger partial charge on any atom is -0.486 e. The average Bonchev–Trinajstić information content (AvgIpc) is 3.19. The van der Waals surface area contributed by atoms with Gasteiger partial charge in [-0.3, -0.25) is 4.79 Å². The highest BCUT2D eigenvalue weighted by Gasteiger charge is 2.14. The first kappa shape index (κ1) is 24.7. The van der Waals surface area contributed by atoms with Gasteiger partial charge in [-0.1, -0.05) is 55.6 Å². The molecule has 0 fully saturated rings. The summed E-state index contributed by atoms with van der Waals surface area (Å²) in [5.41, 5.74) is 4.83. The highest BCUT2D eigenvalue weighted by molar-refractivity contribution is 14.1. The van der Waals surface area contributed by atoms with Crippen molar-refractivity contribution in [2.45, 2.75) is 6.61 Å². The van der Waals surface area contributed by atoms with Crippen molar-refractivity contribution in [2.24, 2.45) is 5.10 Å². The fraction of sp³-hybridized carbons (Fsp3) is 0.0435. The molecule has 1 aromatic heterocycles. The molecule has 1 heterocycles. The lowest BCUT2D eigenvalue weighted by Crippen LogP contribution is -2.16. The molecule has 0 aliphatic carbocycles. The molecular weight excluding hydrogens is 754 g/mol. The van der Waals surface area contributed by atoms with Gasteiger partial charge in [-0.05, 0) is 92.1 Å². The van der Waals surface area contributed by atoms with Gasteiger partial charge in [0.05, 0.1) is 19.3 Å². The Morgan fingerprint density at radius 1 is 1.09 bits per heavy atom. The van der Waals surface area contributed by atoms with Crippen LogP contribution in [0.4, 0.5) is 0 Å². The zero-order chi connectivity index (χ0) is 23.5. The maximum Gasteiger partial charge on any atom is 0.307 e. The van der Waals surface area contributed by atoms with Gasteiger partial charge in [0.1, 0.15) is 12.2 Å². The summed E-state index contributed by atoms with van der Waals surface area (Å²) < 4.78 is 15.1. The maximum atomic E-state index is 12.4. The summed E-state index contributed by atoms with van der Waals surface area (Å²) >= 11 is 18.9. The minimum atomic E-state index is -0.450. The van der Waals surface area contributed by atoms with Crippen LogP contribution >= 0.6 is 82.0 Å². The number of hydrogen-bond acceptors (Lipinski definition) is 4. The number of furan rings is 1. The van der Waals surface area contributed by atoms with Crippen molar-refractivity contribution in [1.29, 1.82) is 0 Å². The molecule has 0 aliphatic rings. The maximum absolute atomic E-state index is 12.4. The van der Waals surface area contributed by atoms with Crippen LogP contribution in [-0.4, -0.2) is 12.1 Å². The van der Waals surface area contributed by atoms with E-state index >= 15 is 0 Å². The molecule has 3 aromatic carbocycles. The lowest BCUT2D eigenvalue weighted by atomic mass is 10.2. The molecule has 1 N–H and O–H groups in total. The van der Waals surface area contributed by atoms with E-state index in [1.54, 1.807) is 18.2 Å². The van der Waals surface area contributed by atoms with E-state index in [4.69, 9.17) is 20.8 Å². The highest BCUT2D eigenvalue weighted by atomic mass is 127. The smallest absolute Gasteiger partial charge is 0.307 e. The van der Waals surface area contributed by atoms with Crippen LogP contribution in [0.25, 0.3) is 11.0 Å². The molecule has 4 aromatic rings. The third-order valence-electron chi connectivity index (χ3n) is 4.46. The molecule has 168 valence electrons. The summed E-state index contributed by atoms with van der Waals surface area (Å²) in [7, 11) is 0. The first-order valence-electron chi connectivity index (χ1n) is 9.38. The van der Waals surface area contributed by atoms with Crippen LogP contribution < -0.4 is 10.2 Å². The molecule has 0 atom stereocenters. The lowest BCUT2D eigenvalue weighted by Gasteiger charge is -2.11. The van der Waals surface area contributed by atoms with Gasteiger partial charge in [0.15, 0.2) is 11.5 Å². The summed E-state index contributed by atoms with van der Waals surface area (Å²) in [5, 5.41) is 5.28. The zero-order valence-corrected chi connectivity index (χ0v) is 24.2. The zero-order valence-electron chi connectivity index (χ0n) is 16.5. The molecule has 0 bridgehead atoms. The van der Waals surface area contributed by atoms with Crippen molar-refractivity contribution in [3.8, 4) is 5.75 Å². The predicted molar refractivity (Wildman–Crippen MR) is 149 cm³/mol. The molecule has 0 unspecified atom stereocenters. The van der Waals surface area contributed by atoms with Gasteiger partial charge in [-0.2, -0.15) is 5.10 Å². The molecule has 0 aliphatic heterocycles. The minimum absolute atomic E-state index is 0.175. The number of halogens is 5. The van der Waals surface area contributed by atoms with E-state index in [-0.39, 0.29) is 5.76 Å². The Kier molecular flexibility index (Phi) is 8.16. The van der Waals surface area contributed by atoms with Gasteiger partial charge < -0.3 is 9.15 Å². The Bertz CT molecular complexity index is 1350. The van der Waals surface area contributed by atoms with Crippen LogP contribution in [0, 0.1) is 3.57 Å². The largest absolute Gasteiger partial charge is 0.486 e. The van der Waals surface area contributed by atoms with Crippen LogP contribution in [0.1, 0.15) is 21.7 Å². The summed E-state index contributed by atoms with van der Waals surface area (Å²) in [4.78, 5) is 12.4. The number of rotatable bonds is 6. The van der Waals surface area contributed by atoms with Crippen LogP contribution in [0.3, 0.4) is 0 Å². The van der Waals surface area contributed by atoms with Gasteiger partial charge in [0.2, 0.25) is 0 Å².